The standard InChI is InChI=1S/C14H15BrFN3O/c15-9-5-4-6-10(16)12(9)14-18-13(19-20-14)11-7-2-1-3-8-17-11/h4-6,11,17H,1-3,7-8H2. The monoisotopic (exact) mass is 339 g/mol. The summed E-state index contributed by atoms with van der Waals surface area (Å²) < 4.78 is 19.7. The maximum atomic E-state index is 13.9. The van der Waals surface area contributed by atoms with Crippen LogP contribution in [0.1, 0.15) is 37.5 Å². The summed E-state index contributed by atoms with van der Waals surface area (Å²) in [4.78, 5) is 4.36. The minimum Gasteiger partial charge on any atom is -0.334 e. The van der Waals surface area contributed by atoms with Gasteiger partial charge in [-0.3, -0.25) is 0 Å². The molecule has 106 valence electrons. The molecule has 0 radical (unpaired) electrons. The molecule has 0 bridgehead atoms. The van der Waals surface area contributed by atoms with E-state index in [1.54, 1.807) is 12.1 Å². The molecule has 1 unspecified atom stereocenters. The molecular weight excluding hydrogens is 325 g/mol. The van der Waals surface area contributed by atoms with Gasteiger partial charge in [-0.15, -0.1) is 0 Å². The largest absolute Gasteiger partial charge is 0.334 e. The lowest BCUT2D eigenvalue weighted by molar-refractivity contribution is 0.401. The van der Waals surface area contributed by atoms with E-state index in [4.69, 9.17) is 4.52 Å². The van der Waals surface area contributed by atoms with Gasteiger partial charge in [-0.25, -0.2) is 4.39 Å². The van der Waals surface area contributed by atoms with Crippen molar-refractivity contribution >= 4 is 15.9 Å². The highest BCUT2D eigenvalue weighted by atomic mass is 79.9. The molecule has 4 nitrogen and oxygen atoms in total. The van der Waals surface area contributed by atoms with Crippen molar-refractivity contribution in [3.8, 4) is 11.5 Å². The summed E-state index contributed by atoms with van der Waals surface area (Å²) in [6.07, 6.45) is 4.51. The highest BCUT2D eigenvalue weighted by molar-refractivity contribution is 9.10. The van der Waals surface area contributed by atoms with Crippen LogP contribution in [0.2, 0.25) is 0 Å². The van der Waals surface area contributed by atoms with Gasteiger partial charge >= 0.3 is 0 Å². The Balaban J connectivity index is 1.90. The normalized spacial score (nSPS) is 19.8. The molecular formula is C14H15BrFN3O. The lowest BCUT2D eigenvalue weighted by atomic mass is 10.1. The minimum absolute atomic E-state index is 0.0977. The molecule has 0 spiro atoms. The zero-order valence-corrected chi connectivity index (χ0v) is 12.5. The van der Waals surface area contributed by atoms with Crippen LogP contribution in [0, 0.1) is 5.82 Å². The van der Waals surface area contributed by atoms with Crippen molar-refractivity contribution in [2.45, 2.75) is 31.7 Å². The minimum atomic E-state index is -0.372. The van der Waals surface area contributed by atoms with Crippen molar-refractivity contribution in [2.75, 3.05) is 6.54 Å². The number of rotatable bonds is 2. The third-order valence-electron chi connectivity index (χ3n) is 3.49. The predicted octanol–water partition coefficient (Wildman–Crippen LogP) is 3.84. The topological polar surface area (TPSA) is 51.0 Å². The highest BCUT2D eigenvalue weighted by Gasteiger charge is 2.22. The molecule has 0 saturated carbocycles. The molecule has 2 heterocycles. The van der Waals surface area contributed by atoms with Gasteiger partial charge in [0.2, 0.25) is 0 Å². The van der Waals surface area contributed by atoms with E-state index in [1.807, 2.05) is 0 Å². The summed E-state index contributed by atoms with van der Waals surface area (Å²) in [6.45, 7) is 0.956. The van der Waals surface area contributed by atoms with Gasteiger partial charge in [0.1, 0.15) is 5.82 Å². The van der Waals surface area contributed by atoms with Crippen molar-refractivity contribution in [3.05, 3.63) is 34.3 Å². The van der Waals surface area contributed by atoms with E-state index < -0.39 is 0 Å². The van der Waals surface area contributed by atoms with Gasteiger partial charge in [-0.2, -0.15) is 4.98 Å². The lowest BCUT2D eigenvalue weighted by Crippen LogP contribution is -2.21. The Bertz CT molecular complexity index is 574. The van der Waals surface area contributed by atoms with E-state index in [0.29, 0.717) is 15.9 Å². The van der Waals surface area contributed by atoms with Crippen LogP contribution >= 0.6 is 15.9 Å². The number of benzene rings is 1. The van der Waals surface area contributed by atoms with Crippen molar-refractivity contribution in [3.63, 3.8) is 0 Å². The molecule has 1 N–H and O–H groups in total. The molecule has 3 rings (SSSR count). The quantitative estimate of drug-likeness (QED) is 0.902. The Morgan fingerprint density at radius 1 is 1.30 bits per heavy atom. The van der Waals surface area contributed by atoms with E-state index in [1.165, 1.54) is 18.9 Å². The summed E-state index contributed by atoms with van der Waals surface area (Å²) >= 11 is 3.32. The number of nitrogens with zero attached hydrogens (tertiary/aromatic N) is 2. The first kappa shape index (κ1) is 13.7. The Morgan fingerprint density at radius 3 is 3.05 bits per heavy atom. The van der Waals surface area contributed by atoms with Gasteiger partial charge in [-0.1, -0.05) is 24.1 Å². The third-order valence-corrected chi connectivity index (χ3v) is 4.15. The Kier molecular flexibility index (Phi) is 4.12. The van der Waals surface area contributed by atoms with Crippen LogP contribution in [0.25, 0.3) is 11.5 Å². The summed E-state index contributed by atoms with van der Waals surface area (Å²) in [5, 5.41) is 7.41. The molecule has 1 aliphatic heterocycles. The fraction of sp³-hybridized carbons (Fsp3) is 0.429. The summed E-state index contributed by atoms with van der Waals surface area (Å²) in [6, 6.07) is 4.87. The molecule has 6 heteroatoms. The van der Waals surface area contributed by atoms with E-state index in [-0.39, 0.29) is 17.7 Å². The molecule has 1 aromatic carbocycles. The molecule has 2 aromatic rings. The number of hydrogen-bond acceptors (Lipinski definition) is 4. The van der Waals surface area contributed by atoms with Crippen molar-refractivity contribution in [2.24, 2.45) is 0 Å². The van der Waals surface area contributed by atoms with Gasteiger partial charge < -0.3 is 9.84 Å². The van der Waals surface area contributed by atoms with Crippen LogP contribution in [0.5, 0.6) is 0 Å². The lowest BCUT2D eigenvalue weighted by Gasteiger charge is -2.09. The van der Waals surface area contributed by atoms with Gasteiger partial charge in [0.05, 0.1) is 11.6 Å². The van der Waals surface area contributed by atoms with Crippen LogP contribution in [0.15, 0.2) is 27.2 Å². The van der Waals surface area contributed by atoms with Crippen LogP contribution < -0.4 is 5.32 Å². The summed E-state index contributed by atoms with van der Waals surface area (Å²) in [5.41, 5.74) is 0.319. The molecule has 20 heavy (non-hydrogen) atoms. The Morgan fingerprint density at radius 2 is 2.20 bits per heavy atom. The van der Waals surface area contributed by atoms with E-state index in [0.717, 1.165) is 19.4 Å². The average Bonchev–Trinajstić information content (AvgIpc) is 2.74. The second-order valence-electron chi connectivity index (χ2n) is 4.91. The van der Waals surface area contributed by atoms with Crippen LogP contribution in [-0.2, 0) is 0 Å². The van der Waals surface area contributed by atoms with Gasteiger partial charge in [0.15, 0.2) is 5.82 Å². The molecule has 0 amide bonds. The van der Waals surface area contributed by atoms with Crippen LogP contribution in [0.4, 0.5) is 4.39 Å². The van der Waals surface area contributed by atoms with Crippen molar-refractivity contribution in [1.82, 2.24) is 15.5 Å². The first-order valence-corrected chi connectivity index (χ1v) is 7.56. The molecule has 1 saturated heterocycles. The van der Waals surface area contributed by atoms with E-state index in [9.17, 15) is 4.39 Å². The molecule has 1 aliphatic rings. The summed E-state index contributed by atoms with van der Waals surface area (Å²) in [5.74, 6) is 0.455. The van der Waals surface area contributed by atoms with Gasteiger partial charge in [-0.05, 0) is 47.4 Å². The Labute approximate surface area is 124 Å². The molecule has 1 atom stereocenters. The first-order chi connectivity index (χ1) is 9.75. The summed E-state index contributed by atoms with van der Waals surface area (Å²) in [7, 11) is 0. The third kappa shape index (κ3) is 2.76. The number of hydrogen-bond donors (Lipinski definition) is 1. The first-order valence-electron chi connectivity index (χ1n) is 6.77. The zero-order chi connectivity index (χ0) is 13.9. The smallest absolute Gasteiger partial charge is 0.262 e. The number of halogens is 2. The fourth-order valence-corrected chi connectivity index (χ4v) is 2.94. The molecule has 1 aromatic heterocycles. The van der Waals surface area contributed by atoms with Crippen LogP contribution in [0.3, 0.4) is 0 Å². The average molecular weight is 340 g/mol. The fourth-order valence-electron chi connectivity index (χ4n) is 2.43. The second kappa shape index (κ2) is 6.01. The van der Waals surface area contributed by atoms with E-state index >= 15 is 0 Å². The maximum absolute atomic E-state index is 13.9. The second-order valence-corrected chi connectivity index (χ2v) is 5.76. The number of aromatic nitrogens is 2. The van der Waals surface area contributed by atoms with E-state index in [2.05, 4.69) is 31.4 Å². The van der Waals surface area contributed by atoms with Crippen molar-refractivity contribution < 1.29 is 8.91 Å². The van der Waals surface area contributed by atoms with Gasteiger partial charge in [0, 0.05) is 4.47 Å². The zero-order valence-electron chi connectivity index (χ0n) is 10.9. The predicted molar refractivity (Wildman–Crippen MR) is 76.6 cm³/mol. The highest BCUT2D eigenvalue weighted by Crippen LogP contribution is 2.31. The maximum Gasteiger partial charge on any atom is 0.262 e. The SMILES string of the molecule is Fc1cccc(Br)c1-c1nc(C2CCCCCN2)no1. The van der Waals surface area contributed by atoms with Gasteiger partial charge in [0.25, 0.3) is 5.89 Å². The van der Waals surface area contributed by atoms with Crippen molar-refractivity contribution in [1.29, 1.82) is 0 Å². The molecule has 1 fully saturated rings. The number of nitrogens with one attached hydrogen (secondary N) is 1. The Hall–Kier alpha value is -1.27. The molecule has 0 aliphatic carbocycles. The van der Waals surface area contributed by atoms with Crippen LogP contribution in [-0.4, -0.2) is 16.7 Å².